The zero-order chi connectivity index (χ0) is 18.5. The minimum Gasteiger partial charge on any atom is -0.452 e. The molecule has 0 aliphatic carbocycles. The van der Waals surface area contributed by atoms with E-state index in [0.29, 0.717) is 23.4 Å². The molecule has 1 amide bonds. The second-order valence-electron chi connectivity index (χ2n) is 5.73. The van der Waals surface area contributed by atoms with Gasteiger partial charge in [0.15, 0.2) is 6.61 Å². The molecule has 6 nitrogen and oxygen atoms in total. The van der Waals surface area contributed by atoms with Crippen molar-refractivity contribution in [2.75, 3.05) is 19.4 Å². The number of rotatable bonds is 5. The summed E-state index contributed by atoms with van der Waals surface area (Å²) in [5, 5.41) is 5.65. The van der Waals surface area contributed by atoms with Crippen molar-refractivity contribution in [1.29, 1.82) is 0 Å². The lowest BCUT2D eigenvalue weighted by Gasteiger charge is -2.11. The maximum absolute atomic E-state index is 12.2. The van der Waals surface area contributed by atoms with Crippen LogP contribution in [0.1, 0.15) is 22.3 Å². The van der Waals surface area contributed by atoms with Gasteiger partial charge in [-0.1, -0.05) is 30.3 Å². The first-order valence-electron chi connectivity index (χ1n) is 8.08. The Morgan fingerprint density at radius 1 is 1.12 bits per heavy atom. The number of amides is 1. The third-order valence-electron chi connectivity index (χ3n) is 3.95. The Labute approximate surface area is 153 Å². The summed E-state index contributed by atoms with van der Waals surface area (Å²) in [5.41, 5.74) is 2.13. The fourth-order valence-electron chi connectivity index (χ4n) is 2.54. The molecule has 0 N–H and O–H groups in total. The molecule has 0 aromatic heterocycles. The first kappa shape index (κ1) is 18.0. The lowest BCUT2D eigenvalue weighted by Crippen LogP contribution is -2.28. The number of benzene rings is 2. The predicted molar refractivity (Wildman–Crippen MR) is 98.4 cm³/mol. The summed E-state index contributed by atoms with van der Waals surface area (Å²) < 4.78 is 16.4. The molecule has 26 heavy (non-hydrogen) atoms. The van der Waals surface area contributed by atoms with Crippen LogP contribution in [0.2, 0.25) is 0 Å². The van der Waals surface area contributed by atoms with Crippen molar-refractivity contribution in [2.24, 2.45) is 5.10 Å². The number of nitrogens with zero attached hydrogens (tertiary/aromatic N) is 2. The molecule has 0 saturated heterocycles. The average Bonchev–Trinajstić information content (AvgIpc) is 3.17. The maximum atomic E-state index is 12.2. The van der Waals surface area contributed by atoms with Crippen LogP contribution in [0.5, 0.6) is 0 Å². The third kappa shape index (κ3) is 4.23. The highest BCUT2D eigenvalue weighted by Crippen LogP contribution is 2.14. The van der Waals surface area contributed by atoms with Crippen molar-refractivity contribution in [3.8, 4) is 0 Å². The molecule has 0 saturated carbocycles. The molecular weight excluding hydrogens is 352 g/mol. The first-order chi connectivity index (χ1) is 12.5. The van der Waals surface area contributed by atoms with E-state index in [0.717, 1.165) is 11.3 Å². The molecule has 1 heterocycles. The molecular formula is C19H18N2O4S. The van der Waals surface area contributed by atoms with Crippen LogP contribution in [-0.2, 0) is 20.3 Å². The van der Waals surface area contributed by atoms with E-state index in [2.05, 4.69) is 5.10 Å². The van der Waals surface area contributed by atoms with Crippen LogP contribution in [0.4, 0.5) is 0 Å². The number of esters is 1. The van der Waals surface area contributed by atoms with E-state index >= 15 is 0 Å². The van der Waals surface area contributed by atoms with Gasteiger partial charge in [-0.25, -0.2) is 9.80 Å². The van der Waals surface area contributed by atoms with Crippen molar-refractivity contribution in [3.63, 3.8) is 0 Å². The van der Waals surface area contributed by atoms with E-state index in [9.17, 15) is 13.8 Å². The van der Waals surface area contributed by atoms with Crippen LogP contribution in [-0.4, -0.2) is 46.2 Å². The molecule has 134 valence electrons. The van der Waals surface area contributed by atoms with Crippen LogP contribution >= 0.6 is 0 Å². The summed E-state index contributed by atoms with van der Waals surface area (Å²) >= 11 is 0. The zero-order valence-corrected chi connectivity index (χ0v) is 15.1. The smallest absolute Gasteiger partial charge is 0.338 e. The fraction of sp³-hybridized carbons (Fsp3) is 0.211. The molecule has 3 rings (SSSR count). The molecule has 1 aliphatic rings. The van der Waals surface area contributed by atoms with E-state index in [1.165, 1.54) is 17.1 Å². The van der Waals surface area contributed by atoms with Gasteiger partial charge < -0.3 is 4.74 Å². The fourth-order valence-corrected chi connectivity index (χ4v) is 3.06. The van der Waals surface area contributed by atoms with Gasteiger partial charge in [-0.15, -0.1) is 0 Å². The number of hydrazone groups is 1. The normalized spacial score (nSPS) is 14.7. The Morgan fingerprint density at radius 2 is 1.81 bits per heavy atom. The number of ether oxygens (including phenoxy) is 1. The average molecular weight is 370 g/mol. The monoisotopic (exact) mass is 370 g/mol. The van der Waals surface area contributed by atoms with E-state index in [1.807, 2.05) is 30.3 Å². The lowest BCUT2D eigenvalue weighted by molar-refractivity contribution is -0.134. The second kappa shape index (κ2) is 8.05. The summed E-state index contributed by atoms with van der Waals surface area (Å²) in [6.45, 7) is 0.101. The standard InChI is InChI=1S/C19H18N2O4S/c1-26(24)16-9-7-15(8-10-16)19(23)25-13-18(22)21-12-11-17(20-21)14-5-3-2-4-6-14/h2-10H,11-13H2,1H3. The highest BCUT2D eigenvalue weighted by atomic mass is 32.2. The quantitative estimate of drug-likeness (QED) is 0.756. The molecule has 7 heteroatoms. The highest BCUT2D eigenvalue weighted by molar-refractivity contribution is 7.84. The molecule has 0 radical (unpaired) electrons. The minimum absolute atomic E-state index is 0.307. The zero-order valence-electron chi connectivity index (χ0n) is 14.3. The summed E-state index contributed by atoms with van der Waals surface area (Å²) in [4.78, 5) is 24.9. The van der Waals surface area contributed by atoms with Crippen LogP contribution in [0.3, 0.4) is 0 Å². The van der Waals surface area contributed by atoms with Crippen LogP contribution in [0, 0.1) is 0 Å². The Bertz CT molecular complexity index is 863. The molecule has 2 aromatic carbocycles. The van der Waals surface area contributed by atoms with Crippen molar-refractivity contribution in [1.82, 2.24) is 5.01 Å². The van der Waals surface area contributed by atoms with Gasteiger partial charge in [0.2, 0.25) is 0 Å². The topological polar surface area (TPSA) is 76.0 Å². The number of hydrogen-bond acceptors (Lipinski definition) is 5. The van der Waals surface area contributed by atoms with Crippen molar-refractivity contribution < 1.29 is 18.5 Å². The summed E-state index contributed by atoms with van der Waals surface area (Å²) in [6.07, 6.45) is 2.23. The van der Waals surface area contributed by atoms with Crippen molar-refractivity contribution in [2.45, 2.75) is 11.3 Å². The lowest BCUT2D eigenvalue weighted by atomic mass is 10.1. The number of carbonyl (C=O) groups excluding carboxylic acids is 2. The largest absolute Gasteiger partial charge is 0.452 e. The van der Waals surface area contributed by atoms with Gasteiger partial charge in [-0.2, -0.15) is 5.10 Å². The molecule has 0 fully saturated rings. The summed E-state index contributed by atoms with van der Waals surface area (Å²) in [7, 11) is -1.11. The first-order valence-corrected chi connectivity index (χ1v) is 9.64. The number of hydrogen-bond donors (Lipinski definition) is 0. The van der Waals surface area contributed by atoms with Crippen molar-refractivity contribution >= 4 is 28.4 Å². The van der Waals surface area contributed by atoms with Gasteiger partial charge in [-0.3, -0.25) is 9.00 Å². The van der Waals surface area contributed by atoms with Crippen molar-refractivity contribution in [3.05, 3.63) is 65.7 Å². The summed E-state index contributed by atoms with van der Waals surface area (Å²) in [6, 6.07) is 15.9. The molecule has 1 aliphatic heterocycles. The Morgan fingerprint density at radius 3 is 2.46 bits per heavy atom. The van der Waals surface area contributed by atoms with Gasteiger partial charge in [0.25, 0.3) is 5.91 Å². The van der Waals surface area contributed by atoms with Gasteiger partial charge in [0.1, 0.15) is 0 Å². The van der Waals surface area contributed by atoms with Crippen LogP contribution in [0.25, 0.3) is 0 Å². The van der Waals surface area contributed by atoms with Crippen LogP contribution < -0.4 is 0 Å². The number of carbonyl (C=O) groups is 2. The van der Waals surface area contributed by atoms with E-state index in [1.54, 1.807) is 18.4 Å². The molecule has 2 aromatic rings. The van der Waals surface area contributed by atoms with E-state index < -0.39 is 16.8 Å². The Balaban J connectivity index is 1.56. The van der Waals surface area contributed by atoms with E-state index in [-0.39, 0.29) is 12.5 Å². The maximum Gasteiger partial charge on any atom is 0.338 e. The Kier molecular flexibility index (Phi) is 5.58. The highest BCUT2D eigenvalue weighted by Gasteiger charge is 2.22. The van der Waals surface area contributed by atoms with Gasteiger partial charge in [-0.05, 0) is 29.8 Å². The van der Waals surface area contributed by atoms with Gasteiger partial charge >= 0.3 is 5.97 Å². The SMILES string of the molecule is CS(=O)c1ccc(C(=O)OCC(=O)N2CCC(c3ccccc3)=N2)cc1. The summed E-state index contributed by atoms with van der Waals surface area (Å²) in [5.74, 6) is -0.964. The molecule has 1 atom stereocenters. The van der Waals surface area contributed by atoms with E-state index in [4.69, 9.17) is 4.74 Å². The molecule has 0 bridgehead atoms. The van der Waals surface area contributed by atoms with Crippen LogP contribution in [0.15, 0.2) is 64.6 Å². The van der Waals surface area contributed by atoms with Gasteiger partial charge in [0, 0.05) is 28.4 Å². The predicted octanol–water partition coefficient (Wildman–Crippen LogP) is 2.22. The Hall–Kier alpha value is -2.80. The molecule has 0 spiro atoms. The minimum atomic E-state index is -1.11. The molecule has 1 unspecified atom stereocenters. The van der Waals surface area contributed by atoms with Gasteiger partial charge in [0.05, 0.1) is 17.8 Å². The second-order valence-corrected chi connectivity index (χ2v) is 7.11. The third-order valence-corrected chi connectivity index (χ3v) is 4.88.